The summed E-state index contributed by atoms with van der Waals surface area (Å²) in [7, 11) is 0. The van der Waals surface area contributed by atoms with Gasteiger partial charge < -0.3 is 20.1 Å². The number of aryl methyl sites for hydroxylation is 1. The Morgan fingerprint density at radius 2 is 2.12 bits per heavy atom. The summed E-state index contributed by atoms with van der Waals surface area (Å²) in [6.45, 7) is 3.96. The van der Waals surface area contributed by atoms with Crippen molar-refractivity contribution in [3.8, 4) is 5.75 Å². The highest BCUT2D eigenvalue weighted by atomic mass is 16.5. The molecule has 2 aromatic rings. The van der Waals surface area contributed by atoms with Crippen molar-refractivity contribution in [2.45, 2.75) is 20.0 Å². The number of carbonyl (C=O) groups is 1. The number of aliphatic hydroxyl groups is 1. The molecule has 1 unspecified atom stereocenters. The second-order valence-electron chi connectivity index (χ2n) is 6.52. The van der Waals surface area contributed by atoms with Gasteiger partial charge in [-0.25, -0.2) is 4.79 Å². The number of urea groups is 1. The molecule has 2 amide bonds. The lowest BCUT2D eigenvalue weighted by Gasteiger charge is -2.17. The third-order valence-corrected chi connectivity index (χ3v) is 4.40. The first-order valence-electron chi connectivity index (χ1n) is 8.59. The monoisotopic (exact) mass is 340 g/mol. The molecule has 0 saturated carbocycles. The van der Waals surface area contributed by atoms with Gasteiger partial charge in [0.1, 0.15) is 12.4 Å². The van der Waals surface area contributed by atoms with Crippen LogP contribution in [0.15, 0.2) is 48.5 Å². The first kappa shape index (κ1) is 17.3. The van der Waals surface area contributed by atoms with E-state index in [2.05, 4.69) is 24.4 Å². The molecule has 3 rings (SSSR count). The molecule has 1 aliphatic rings. The summed E-state index contributed by atoms with van der Waals surface area (Å²) in [4.78, 5) is 14.0. The number of likely N-dealkylation sites (tertiary alicyclic amines) is 1. The summed E-state index contributed by atoms with van der Waals surface area (Å²) >= 11 is 0. The number of anilines is 1. The molecule has 25 heavy (non-hydrogen) atoms. The molecule has 132 valence electrons. The van der Waals surface area contributed by atoms with E-state index in [0.717, 1.165) is 12.0 Å². The number of benzene rings is 2. The maximum absolute atomic E-state index is 12.3. The molecule has 0 aromatic heterocycles. The van der Waals surface area contributed by atoms with Gasteiger partial charge in [-0.05, 0) is 31.0 Å². The van der Waals surface area contributed by atoms with E-state index in [1.54, 1.807) is 4.90 Å². The lowest BCUT2D eigenvalue weighted by molar-refractivity contribution is 0.209. The van der Waals surface area contributed by atoms with E-state index in [0.29, 0.717) is 31.1 Å². The minimum absolute atomic E-state index is 0.131. The lowest BCUT2D eigenvalue weighted by atomic mass is 10.1. The Labute approximate surface area is 148 Å². The Hall–Kier alpha value is -2.53. The topological polar surface area (TPSA) is 61.8 Å². The van der Waals surface area contributed by atoms with Crippen LogP contribution in [0.2, 0.25) is 0 Å². The number of nitrogens with one attached hydrogen (secondary N) is 1. The van der Waals surface area contributed by atoms with Crippen LogP contribution in [0.25, 0.3) is 0 Å². The van der Waals surface area contributed by atoms with Gasteiger partial charge in [0, 0.05) is 37.4 Å². The first-order valence-corrected chi connectivity index (χ1v) is 8.59. The van der Waals surface area contributed by atoms with Gasteiger partial charge in [0.2, 0.25) is 0 Å². The van der Waals surface area contributed by atoms with Crippen LogP contribution in [0, 0.1) is 12.8 Å². The number of hydrogen-bond acceptors (Lipinski definition) is 3. The van der Waals surface area contributed by atoms with E-state index in [1.165, 1.54) is 5.56 Å². The van der Waals surface area contributed by atoms with Gasteiger partial charge in [-0.3, -0.25) is 0 Å². The van der Waals surface area contributed by atoms with Crippen molar-refractivity contribution < 1.29 is 14.6 Å². The molecular formula is C20H24N2O3. The lowest BCUT2D eigenvalue weighted by Crippen LogP contribution is -2.33. The normalized spacial score (nSPS) is 16.7. The molecule has 0 bridgehead atoms. The second-order valence-corrected chi connectivity index (χ2v) is 6.52. The minimum Gasteiger partial charge on any atom is -0.489 e. The fraction of sp³-hybridized carbons (Fsp3) is 0.350. The van der Waals surface area contributed by atoms with Crippen LogP contribution >= 0.6 is 0 Å². The van der Waals surface area contributed by atoms with Crippen LogP contribution in [0.3, 0.4) is 0 Å². The number of rotatable bonds is 5. The van der Waals surface area contributed by atoms with Crippen LogP contribution in [0.5, 0.6) is 5.75 Å². The molecular weight excluding hydrogens is 316 g/mol. The second kappa shape index (κ2) is 8.03. The van der Waals surface area contributed by atoms with Crippen LogP contribution in [0.1, 0.15) is 17.5 Å². The third kappa shape index (κ3) is 4.73. The van der Waals surface area contributed by atoms with Gasteiger partial charge in [0.25, 0.3) is 0 Å². The van der Waals surface area contributed by atoms with Crippen LogP contribution in [-0.2, 0) is 6.61 Å². The third-order valence-electron chi connectivity index (χ3n) is 4.40. The fourth-order valence-electron chi connectivity index (χ4n) is 3.00. The number of hydrogen-bond donors (Lipinski definition) is 2. The number of aliphatic hydroxyl groups excluding tert-OH is 1. The van der Waals surface area contributed by atoms with E-state index in [-0.39, 0.29) is 18.6 Å². The molecule has 1 atom stereocenters. The molecule has 0 aliphatic carbocycles. The minimum atomic E-state index is -0.133. The van der Waals surface area contributed by atoms with Crippen molar-refractivity contribution >= 4 is 11.7 Å². The molecule has 5 nitrogen and oxygen atoms in total. The van der Waals surface area contributed by atoms with E-state index < -0.39 is 0 Å². The van der Waals surface area contributed by atoms with Crippen LogP contribution < -0.4 is 10.1 Å². The number of nitrogens with zero attached hydrogens (tertiary/aromatic N) is 1. The van der Waals surface area contributed by atoms with Crippen molar-refractivity contribution in [3.05, 3.63) is 59.7 Å². The zero-order valence-electron chi connectivity index (χ0n) is 14.4. The predicted octanol–water partition coefficient (Wildman–Crippen LogP) is 3.42. The first-order chi connectivity index (χ1) is 12.1. The highest BCUT2D eigenvalue weighted by molar-refractivity contribution is 5.89. The quantitative estimate of drug-likeness (QED) is 0.877. The molecule has 1 fully saturated rings. The Kier molecular flexibility index (Phi) is 5.56. The van der Waals surface area contributed by atoms with Crippen molar-refractivity contribution in [1.29, 1.82) is 0 Å². The molecule has 0 spiro atoms. The van der Waals surface area contributed by atoms with Crippen molar-refractivity contribution in [1.82, 2.24) is 4.90 Å². The van der Waals surface area contributed by atoms with E-state index in [4.69, 9.17) is 4.74 Å². The number of ether oxygens (including phenoxy) is 1. The maximum atomic E-state index is 12.3. The van der Waals surface area contributed by atoms with Crippen molar-refractivity contribution in [2.24, 2.45) is 5.92 Å². The van der Waals surface area contributed by atoms with Crippen molar-refractivity contribution in [2.75, 3.05) is 25.0 Å². The van der Waals surface area contributed by atoms with Gasteiger partial charge in [-0.1, -0.05) is 35.9 Å². The maximum Gasteiger partial charge on any atom is 0.321 e. The average Bonchev–Trinajstić information content (AvgIpc) is 3.10. The molecule has 1 saturated heterocycles. The van der Waals surface area contributed by atoms with Crippen LogP contribution in [-0.4, -0.2) is 35.7 Å². The number of amides is 2. The summed E-state index contributed by atoms with van der Waals surface area (Å²) in [6, 6.07) is 15.5. The standard InChI is InChI=1S/C20H24N2O3/c1-15-4-2-5-16(10-15)14-25-19-7-3-6-18(11-19)21-20(24)22-9-8-17(12-22)13-23/h2-7,10-11,17,23H,8-9,12-14H2,1H3,(H,21,24). The largest absolute Gasteiger partial charge is 0.489 e. The van der Waals surface area contributed by atoms with Crippen LogP contribution in [0.4, 0.5) is 10.5 Å². The molecule has 0 radical (unpaired) electrons. The molecule has 2 N–H and O–H groups in total. The highest BCUT2D eigenvalue weighted by Crippen LogP contribution is 2.21. The van der Waals surface area contributed by atoms with E-state index >= 15 is 0 Å². The molecule has 5 heteroatoms. The summed E-state index contributed by atoms with van der Waals surface area (Å²) in [5.41, 5.74) is 3.02. The smallest absolute Gasteiger partial charge is 0.321 e. The Bertz CT molecular complexity index is 732. The van der Waals surface area contributed by atoms with Gasteiger partial charge in [0.15, 0.2) is 0 Å². The SMILES string of the molecule is Cc1cccc(COc2cccc(NC(=O)N3CCC(CO)C3)c2)c1. The molecule has 2 aromatic carbocycles. The Morgan fingerprint density at radius 3 is 2.88 bits per heavy atom. The number of carbonyl (C=O) groups excluding carboxylic acids is 1. The van der Waals surface area contributed by atoms with Gasteiger partial charge in [0.05, 0.1) is 0 Å². The average molecular weight is 340 g/mol. The van der Waals surface area contributed by atoms with Gasteiger partial charge >= 0.3 is 6.03 Å². The summed E-state index contributed by atoms with van der Waals surface area (Å²) in [5, 5.41) is 12.1. The Morgan fingerprint density at radius 1 is 1.28 bits per heavy atom. The van der Waals surface area contributed by atoms with E-state index in [1.807, 2.05) is 36.4 Å². The van der Waals surface area contributed by atoms with Gasteiger partial charge in [-0.2, -0.15) is 0 Å². The highest BCUT2D eigenvalue weighted by Gasteiger charge is 2.25. The molecule has 1 aliphatic heterocycles. The molecule has 1 heterocycles. The predicted molar refractivity (Wildman–Crippen MR) is 97.7 cm³/mol. The van der Waals surface area contributed by atoms with Crippen molar-refractivity contribution in [3.63, 3.8) is 0 Å². The Balaban J connectivity index is 1.57. The fourth-order valence-corrected chi connectivity index (χ4v) is 3.00. The zero-order chi connectivity index (χ0) is 17.6. The van der Waals surface area contributed by atoms with E-state index in [9.17, 15) is 9.90 Å². The summed E-state index contributed by atoms with van der Waals surface area (Å²) in [6.07, 6.45) is 0.851. The summed E-state index contributed by atoms with van der Waals surface area (Å²) in [5.74, 6) is 0.906. The van der Waals surface area contributed by atoms with Gasteiger partial charge in [-0.15, -0.1) is 0 Å². The summed E-state index contributed by atoms with van der Waals surface area (Å²) < 4.78 is 5.83. The zero-order valence-corrected chi connectivity index (χ0v) is 14.4.